The second-order valence-corrected chi connectivity index (χ2v) is 2.86. The van der Waals surface area contributed by atoms with Gasteiger partial charge in [-0.1, -0.05) is 0 Å². The molecule has 0 spiro atoms. The van der Waals surface area contributed by atoms with Crippen molar-refractivity contribution in [1.82, 2.24) is 10.5 Å². The van der Waals surface area contributed by atoms with Crippen molar-refractivity contribution >= 4 is 5.91 Å². The quantitative estimate of drug-likeness (QED) is 0.561. The number of amides is 1. The molecule has 1 aromatic rings. The average molecular weight is 226 g/mol. The zero-order chi connectivity index (χ0) is 11.8. The van der Waals surface area contributed by atoms with Gasteiger partial charge in [-0.25, -0.2) is 10.5 Å². The first-order valence-electron chi connectivity index (χ1n) is 4.69. The molecule has 0 fully saturated rings. The highest BCUT2D eigenvalue weighted by molar-refractivity contribution is 5.93. The third kappa shape index (κ3) is 3.84. The Labute approximate surface area is 93.5 Å². The fourth-order valence-corrected chi connectivity index (χ4v) is 0.936. The van der Waals surface area contributed by atoms with Crippen LogP contribution in [0.4, 0.5) is 0 Å². The Kier molecular flexibility index (Phi) is 5.24. The van der Waals surface area contributed by atoms with Gasteiger partial charge in [-0.3, -0.25) is 9.63 Å². The summed E-state index contributed by atoms with van der Waals surface area (Å²) in [7, 11) is 3.06. The molecule has 0 aliphatic carbocycles. The predicted molar refractivity (Wildman–Crippen MR) is 56.1 cm³/mol. The number of nitrogens with zero attached hydrogens (tertiary/aromatic N) is 1. The molecule has 6 nitrogen and oxygen atoms in total. The van der Waals surface area contributed by atoms with Crippen molar-refractivity contribution < 1.29 is 19.1 Å². The molecule has 0 atom stereocenters. The first kappa shape index (κ1) is 12.4. The average Bonchev–Trinajstić information content (AvgIpc) is 2.34. The summed E-state index contributed by atoms with van der Waals surface area (Å²) < 4.78 is 9.63. The predicted octanol–water partition coefficient (Wildman–Crippen LogP) is 0.398. The van der Waals surface area contributed by atoms with E-state index in [1.165, 1.54) is 13.3 Å². The van der Waals surface area contributed by atoms with E-state index in [-0.39, 0.29) is 5.91 Å². The largest absolute Gasteiger partial charge is 0.481 e. The van der Waals surface area contributed by atoms with Gasteiger partial charge in [-0.15, -0.1) is 0 Å². The van der Waals surface area contributed by atoms with E-state index >= 15 is 0 Å². The van der Waals surface area contributed by atoms with Crippen molar-refractivity contribution in [3.8, 4) is 5.88 Å². The van der Waals surface area contributed by atoms with Gasteiger partial charge in [-0.2, -0.15) is 0 Å². The van der Waals surface area contributed by atoms with Crippen molar-refractivity contribution in [2.75, 3.05) is 27.4 Å². The lowest BCUT2D eigenvalue weighted by Gasteiger charge is -2.05. The number of hydrogen-bond donors (Lipinski definition) is 1. The normalized spacial score (nSPS) is 9.88. The molecule has 1 N–H and O–H groups in total. The molecule has 1 amide bonds. The van der Waals surface area contributed by atoms with Gasteiger partial charge in [0.2, 0.25) is 5.88 Å². The maximum absolute atomic E-state index is 11.4. The Hall–Kier alpha value is -1.66. The fraction of sp³-hybridized carbons (Fsp3) is 0.400. The highest BCUT2D eigenvalue weighted by atomic mass is 16.7. The summed E-state index contributed by atoms with van der Waals surface area (Å²) in [6.45, 7) is 0.715. The van der Waals surface area contributed by atoms with Gasteiger partial charge in [0.05, 0.1) is 25.9 Å². The molecule has 0 radical (unpaired) electrons. The summed E-state index contributed by atoms with van der Waals surface area (Å²) in [6.07, 6.45) is 1.41. The van der Waals surface area contributed by atoms with E-state index in [0.717, 1.165) is 0 Å². The number of hydroxylamine groups is 1. The van der Waals surface area contributed by atoms with E-state index in [4.69, 9.17) is 14.3 Å². The number of carbonyl (C=O) groups is 1. The molecular weight excluding hydrogens is 212 g/mol. The Balaban J connectivity index is 2.40. The van der Waals surface area contributed by atoms with E-state index in [0.29, 0.717) is 24.7 Å². The second kappa shape index (κ2) is 6.76. The SMILES string of the molecule is COCCONC(=O)c1ccc(OC)nc1. The first-order valence-corrected chi connectivity index (χ1v) is 4.69. The van der Waals surface area contributed by atoms with Crippen molar-refractivity contribution in [3.63, 3.8) is 0 Å². The topological polar surface area (TPSA) is 69.7 Å². The van der Waals surface area contributed by atoms with Crippen molar-refractivity contribution in [1.29, 1.82) is 0 Å². The van der Waals surface area contributed by atoms with Crippen LogP contribution < -0.4 is 10.2 Å². The third-order valence-electron chi connectivity index (χ3n) is 1.76. The van der Waals surface area contributed by atoms with Crippen molar-refractivity contribution in [2.45, 2.75) is 0 Å². The Morgan fingerprint density at radius 3 is 2.75 bits per heavy atom. The number of aromatic nitrogens is 1. The van der Waals surface area contributed by atoms with Crippen LogP contribution in [0.3, 0.4) is 0 Å². The van der Waals surface area contributed by atoms with Gasteiger partial charge in [0.15, 0.2) is 0 Å². The number of nitrogens with one attached hydrogen (secondary N) is 1. The molecule has 0 aliphatic heterocycles. The molecule has 0 aromatic carbocycles. The molecular formula is C10H14N2O4. The summed E-state index contributed by atoms with van der Waals surface area (Å²) in [5, 5.41) is 0. The third-order valence-corrected chi connectivity index (χ3v) is 1.76. The Morgan fingerprint density at radius 2 is 2.19 bits per heavy atom. The van der Waals surface area contributed by atoms with Gasteiger partial charge in [-0.05, 0) is 6.07 Å². The first-order chi connectivity index (χ1) is 7.77. The van der Waals surface area contributed by atoms with Crippen LogP contribution in [0.5, 0.6) is 5.88 Å². The number of ether oxygens (including phenoxy) is 2. The Morgan fingerprint density at radius 1 is 1.38 bits per heavy atom. The second-order valence-electron chi connectivity index (χ2n) is 2.86. The lowest BCUT2D eigenvalue weighted by Crippen LogP contribution is -2.25. The number of methoxy groups -OCH3 is 2. The van der Waals surface area contributed by atoms with Crippen molar-refractivity contribution in [2.24, 2.45) is 0 Å². The van der Waals surface area contributed by atoms with Crippen LogP contribution in [-0.4, -0.2) is 38.3 Å². The molecule has 0 saturated heterocycles. The molecule has 1 heterocycles. The van der Waals surface area contributed by atoms with E-state index < -0.39 is 0 Å². The van der Waals surface area contributed by atoms with Crippen LogP contribution in [0.1, 0.15) is 10.4 Å². The van der Waals surface area contributed by atoms with Crippen LogP contribution in [0.15, 0.2) is 18.3 Å². The number of hydrogen-bond acceptors (Lipinski definition) is 5. The van der Waals surface area contributed by atoms with Gasteiger partial charge < -0.3 is 9.47 Å². The smallest absolute Gasteiger partial charge is 0.276 e. The van der Waals surface area contributed by atoms with Crippen LogP contribution in [0.2, 0.25) is 0 Å². The fourth-order valence-electron chi connectivity index (χ4n) is 0.936. The molecule has 1 rings (SSSR count). The van der Waals surface area contributed by atoms with Gasteiger partial charge >= 0.3 is 0 Å². The van der Waals surface area contributed by atoms with Crippen LogP contribution in [0.25, 0.3) is 0 Å². The number of rotatable bonds is 6. The molecule has 0 unspecified atom stereocenters. The van der Waals surface area contributed by atoms with E-state index in [1.54, 1.807) is 19.2 Å². The number of pyridine rings is 1. The highest BCUT2D eigenvalue weighted by Crippen LogP contribution is 2.06. The zero-order valence-electron chi connectivity index (χ0n) is 9.23. The summed E-state index contributed by atoms with van der Waals surface area (Å²) in [6, 6.07) is 3.20. The summed E-state index contributed by atoms with van der Waals surface area (Å²) in [4.78, 5) is 20.2. The standard InChI is InChI=1S/C10H14N2O4/c1-14-5-6-16-12-10(13)8-3-4-9(15-2)11-7-8/h3-4,7H,5-6H2,1-2H3,(H,12,13). The van der Waals surface area contributed by atoms with Crippen molar-refractivity contribution in [3.05, 3.63) is 23.9 Å². The minimum absolute atomic E-state index is 0.297. The van der Waals surface area contributed by atoms with E-state index in [1.807, 2.05) is 0 Å². The lowest BCUT2D eigenvalue weighted by molar-refractivity contribution is 0.00886. The monoisotopic (exact) mass is 226 g/mol. The molecule has 0 bridgehead atoms. The Bertz CT molecular complexity index is 326. The molecule has 0 saturated carbocycles. The summed E-state index contributed by atoms with van der Waals surface area (Å²) in [5.41, 5.74) is 2.67. The van der Waals surface area contributed by atoms with Gasteiger partial charge in [0, 0.05) is 19.4 Å². The van der Waals surface area contributed by atoms with Crippen LogP contribution in [-0.2, 0) is 9.57 Å². The minimum atomic E-state index is -0.355. The van der Waals surface area contributed by atoms with Gasteiger partial charge in [0.25, 0.3) is 5.91 Å². The van der Waals surface area contributed by atoms with Gasteiger partial charge in [0.1, 0.15) is 0 Å². The molecule has 6 heteroatoms. The molecule has 1 aromatic heterocycles. The molecule has 88 valence electrons. The minimum Gasteiger partial charge on any atom is -0.481 e. The highest BCUT2D eigenvalue weighted by Gasteiger charge is 2.05. The zero-order valence-corrected chi connectivity index (χ0v) is 9.23. The number of carbonyl (C=O) groups excluding carboxylic acids is 1. The lowest BCUT2D eigenvalue weighted by atomic mass is 10.3. The summed E-state index contributed by atoms with van der Waals surface area (Å²) in [5.74, 6) is 0.100. The maximum atomic E-state index is 11.4. The van der Waals surface area contributed by atoms with E-state index in [2.05, 4.69) is 10.5 Å². The summed E-state index contributed by atoms with van der Waals surface area (Å²) >= 11 is 0. The molecule has 0 aliphatic rings. The maximum Gasteiger partial charge on any atom is 0.276 e. The van der Waals surface area contributed by atoms with Crippen LogP contribution >= 0.6 is 0 Å². The molecule has 16 heavy (non-hydrogen) atoms. The van der Waals surface area contributed by atoms with E-state index in [9.17, 15) is 4.79 Å². The van der Waals surface area contributed by atoms with Crippen LogP contribution in [0, 0.1) is 0 Å².